The van der Waals surface area contributed by atoms with Crippen LogP contribution in [0, 0.1) is 5.92 Å². The van der Waals surface area contributed by atoms with E-state index >= 15 is 0 Å². The number of cyclic esters (lactones) is 1. The summed E-state index contributed by atoms with van der Waals surface area (Å²) in [6.45, 7) is 1.44. The molecule has 10 heavy (non-hydrogen) atoms. The third-order valence-corrected chi connectivity index (χ3v) is 1.99. The molecule has 0 radical (unpaired) electrons. The molecule has 0 aromatic heterocycles. The van der Waals surface area contributed by atoms with Gasteiger partial charge >= 0.3 is 5.97 Å². The van der Waals surface area contributed by atoms with Gasteiger partial charge in [0.1, 0.15) is 0 Å². The Morgan fingerprint density at radius 1 is 1.60 bits per heavy atom. The highest BCUT2D eigenvalue weighted by Crippen LogP contribution is 2.25. The number of ether oxygens (including phenoxy) is 2. The van der Waals surface area contributed by atoms with E-state index in [1.54, 1.807) is 0 Å². The van der Waals surface area contributed by atoms with Gasteiger partial charge in [-0.1, -0.05) is 0 Å². The Bertz CT molecular complexity index is 151. The SMILES string of the molecule is O=C1OCCC1CC1CO1. The van der Waals surface area contributed by atoms with Crippen molar-refractivity contribution in [2.24, 2.45) is 5.92 Å². The molecule has 2 fully saturated rings. The highest BCUT2D eigenvalue weighted by molar-refractivity contribution is 5.74. The molecule has 2 heterocycles. The van der Waals surface area contributed by atoms with Crippen LogP contribution in [0.2, 0.25) is 0 Å². The summed E-state index contributed by atoms with van der Waals surface area (Å²) in [7, 11) is 0. The average Bonchev–Trinajstić information content (AvgIpc) is 2.62. The van der Waals surface area contributed by atoms with Crippen LogP contribution in [0.25, 0.3) is 0 Å². The van der Waals surface area contributed by atoms with Crippen molar-refractivity contribution in [2.75, 3.05) is 13.2 Å². The minimum atomic E-state index is -0.0319. The van der Waals surface area contributed by atoms with Gasteiger partial charge in [0, 0.05) is 0 Å². The Balaban J connectivity index is 1.84. The molecule has 2 atom stereocenters. The second kappa shape index (κ2) is 2.23. The van der Waals surface area contributed by atoms with E-state index in [1.165, 1.54) is 0 Å². The number of rotatable bonds is 2. The fourth-order valence-corrected chi connectivity index (χ4v) is 1.27. The molecule has 3 heteroatoms. The van der Waals surface area contributed by atoms with Gasteiger partial charge in [-0.05, 0) is 12.8 Å². The maximum absolute atomic E-state index is 10.9. The van der Waals surface area contributed by atoms with Crippen molar-refractivity contribution < 1.29 is 14.3 Å². The van der Waals surface area contributed by atoms with Gasteiger partial charge in [-0.2, -0.15) is 0 Å². The number of hydrogen-bond acceptors (Lipinski definition) is 3. The van der Waals surface area contributed by atoms with E-state index in [-0.39, 0.29) is 11.9 Å². The zero-order valence-electron chi connectivity index (χ0n) is 5.71. The van der Waals surface area contributed by atoms with E-state index in [9.17, 15) is 4.79 Å². The molecule has 0 aromatic rings. The van der Waals surface area contributed by atoms with Crippen LogP contribution in [-0.4, -0.2) is 25.3 Å². The van der Waals surface area contributed by atoms with Crippen molar-refractivity contribution in [2.45, 2.75) is 18.9 Å². The fourth-order valence-electron chi connectivity index (χ4n) is 1.27. The maximum atomic E-state index is 10.9. The first kappa shape index (κ1) is 6.16. The molecule has 2 aliphatic heterocycles. The van der Waals surface area contributed by atoms with Crippen molar-refractivity contribution in [1.82, 2.24) is 0 Å². The Kier molecular flexibility index (Phi) is 1.38. The van der Waals surface area contributed by atoms with Crippen LogP contribution in [0.15, 0.2) is 0 Å². The molecule has 2 unspecified atom stereocenters. The number of hydrogen-bond donors (Lipinski definition) is 0. The van der Waals surface area contributed by atoms with E-state index in [0.29, 0.717) is 12.7 Å². The number of epoxide rings is 1. The number of carbonyl (C=O) groups is 1. The van der Waals surface area contributed by atoms with Crippen molar-refractivity contribution in [3.8, 4) is 0 Å². The summed E-state index contributed by atoms with van der Waals surface area (Å²) in [5, 5.41) is 0. The molecule has 2 saturated heterocycles. The third-order valence-electron chi connectivity index (χ3n) is 1.99. The lowest BCUT2D eigenvalue weighted by atomic mass is 10.0. The van der Waals surface area contributed by atoms with Gasteiger partial charge in [-0.25, -0.2) is 0 Å². The van der Waals surface area contributed by atoms with Gasteiger partial charge in [0.25, 0.3) is 0 Å². The van der Waals surface area contributed by atoms with Gasteiger partial charge in [0.05, 0.1) is 25.2 Å². The van der Waals surface area contributed by atoms with Crippen LogP contribution >= 0.6 is 0 Å². The summed E-state index contributed by atoms with van der Waals surface area (Å²) in [6, 6.07) is 0. The quantitative estimate of drug-likeness (QED) is 0.412. The lowest BCUT2D eigenvalue weighted by molar-refractivity contribution is -0.141. The van der Waals surface area contributed by atoms with Gasteiger partial charge in [-0.3, -0.25) is 4.79 Å². The molecule has 2 aliphatic rings. The summed E-state index contributed by atoms with van der Waals surface area (Å²) in [6.07, 6.45) is 2.12. The standard InChI is InChI=1S/C7H10O3/c8-7-5(1-2-9-7)3-6-4-10-6/h5-6H,1-4H2. The summed E-state index contributed by atoms with van der Waals surface area (Å²) in [5.41, 5.74) is 0. The molecule has 0 N–H and O–H groups in total. The van der Waals surface area contributed by atoms with Crippen LogP contribution in [0.1, 0.15) is 12.8 Å². The molecule has 3 nitrogen and oxygen atoms in total. The summed E-state index contributed by atoms with van der Waals surface area (Å²) in [5.74, 6) is 0.100. The predicted molar refractivity (Wildman–Crippen MR) is 33.4 cm³/mol. The van der Waals surface area contributed by atoms with Gasteiger partial charge < -0.3 is 9.47 Å². The van der Waals surface area contributed by atoms with Crippen LogP contribution in [0.3, 0.4) is 0 Å². The van der Waals surface area contributed by atoms with Crippen LogP contribution < -0.4 is 0 Å². The Hall–Kier alpha value is -0.570. The van der Waals surface area contributed by atoms with Gasteiger partial charge in [0.15, 0.2) is 0 Å². The molecule has 0 spiro atoms. The Morgan fingerprint density at radius 3 is 2.90 bits per heavy atom. The number of carbonyl (C=O) groups excluding carboxylic acids is 1. The van der Waals surface area contributed by atoms with E-state index in [0.717, 1.165) is 19.4 Å². The third kappa shape index (κ3) is 1.14. The van der Waals surface area contributed by atoms with Crippen LogP contribution in [0.5, 0.6) is 0 Å². The topological polar surface area (TPSA) is 38.8 Å². The van der Waals surface area contributed by atoms with Crippen molar-refractivity contribution in [1.29, 1.82) is 0 Å². The molecule has 0 saturated carbocycles. The minimum absolute atomic E-state index is 0.0319. The monoisotopic (exact) mass is 142 g/mol. The molecular weight excluding hydrogens is 132 g/mol. The normalized spacial score (nSPS) is 37.8. The lowest BCUT2D eigenvalue weighted by Gasteiger charge is -1.99. The van der Waals surface area contributed by atoms with Crippen LogP contribution in [0.4, 0.5) is 0 Å². The maximum Gasteiger partial charge on any atom is 0.309 e. The van der Waals surface area contributed by atoms with Crippen molar-refractivity contribution in [3.63, 3.8) is 0 Å². The van der Waals surface area contributed by atoms with E-state index in [1.807, 2.05) is 0 Å². The zero-order valence-corrected chi connectivity index (χ0v) is 5.71. The van der Waals surface area contributed by atoms with Gasteiger partial charge in [0.2, 0.25) is 0 Å². The molecule has 0 amide bonds. The molecule has 0 bridgehead atoms. The molecule has 0 aliphatic carbocycles. The first-order valence-corrected chi connectivity index (χ1v) is 3.64. The molecule has 56 valence electrons. The number of esters is 1. The smallest absolute Gasteiger partial charge is 0.309 e. The van der Waals surface area contributed by atoms with E-state index in [2.05, 4.69) is 0 Å². The molecular formula is C7H10O3. The summed E-state index contributed by atoms with van der Waals surface area (Å²) >= 11 is 0. The van der Waals surface area contributed by atoms with E-state index in [4.69, 9.17) is 9.47 Å². The second-order valence-electron chi connectivity index (χ2n) is 2.84. The highest BCUT2D eigenvalue weighted by atomic mass is 16.6. The van der Waals surface area contributed by atoms with Crippen LogP contribution in [-0.2, 0) is 14.3 Å². The summed E-state index contributed by atoms with van der Waals surface area (Å²) < 4.78 is 9.81. The van der Waals surface area contributed by atoms with E-state index < -0.39 is 0 Å². The minimum Gasteiger partial charge on any atom is -0.465 e. The summed E-state index contributed by atoms with van der Waals surface area (Å²) in [4.78, 5) is 10.9. The molecule has 2 rings (SSSR count). The van der Waals surface area contributed by atoms with Crippen molar-refractivity contribution in [3.05, 3.63) is 0 Å². The highest BCUT2D eigenvalue weighted by Gasteiger charge is 2.34. The lowest BCUT2D eigenvalue weighted by Crippen LogP contribution is -2.09. The largest absolute Gasteiger partial charge is 0.465 e. The first-order chi connectivity index (χ1) is 4.86. The Labute approximate surface area is 59.3 Å². The molecule has 0 aromatic carbocycles. The predicted octanol–water partition coefficient (Wildman–Crippen LogP) is 0.338. The average molecular weight is 142 g/mol. The Morgan fingerprint density at radius 2 is 2.40 bits per heavy atom. The van der Waals surface area contributed by atoms with Gasteiger partial charge in [-0.15, -0.1) is 0 Å². The first-order valence-electron chi connectivity index (χ1n) is 3.64. The van der Waals surface area contributed by atoms with Crippen molar-refractivity contribution >= 4 is 5.97 Å². The zero-order chi connectivity index (χ0) is 6.97. The fraction of sp³-hybridized carbons (Fsp3) is 0.857. The second-order valence-corrected chi connectivity index (χ2v) is 2.84.